The molecule has 7 aromatic carbocycles. The molecule has 5 heteroatoms. The standard InChI is InChI=1S/C43H26N2O2S/c1-2-10-27(11-3-1)28-20-22-29(23-21-28)45(30-24-25-38-34(26-30)31-12-4-6-17-37(31)46-38)36-16-8-13-32-41-33(14-9-19-40(41)48-42(32)36)43-44-35-15-5-7-18-39(35)47-43/h1-26H. The molecule has 0 N–H and O–H groups in total. The fraction of sp³-hybridized carbons (Fsp3) is 0. The number of furan rings is 1. The van der Waals surface area contributed by atoms with Gasteiger partial charge in [0, 0.05) is 43.2 Å². The highest BCUT2D eigenvalue weighted by molar-refractivity contribution is 7.26. The highest BCUT2D eigenvalue weighted by Gasteiger charge is 2.22. The molecule has 0 radical (unpaired) electrons. The van der Waals surface area contributed by atoms with E-state index in [2.05, 4.69) is 126 Å². The van der Waals surface area contributed by atoms with Gasteiger partial charge in [-0.25, -0.2) is 4.98 Å². The summed E-state index contributed by atoms with van der Waals surface area (Å²) < 4.78 is 14.9. The minimum atomic E-state index is 0.637. The molecule has 0 saturated heterocycles. The molecule has 0 bridgehead atoms. The molecule has 0 spiro atoms. The predicted octanol–water partition coefficient (Wildman–Crippen LogP) is 12.9. The second kappa shape index (κ2) is 10.7. The van der Waals surface area contributed by atoms with E-state index >= 15 is 0 Å². The molecule has 0 aliphatic heterocycles. The maximum atomic E-state index is 6.29. The Labute approximate surface area is 279 Å². The summed E-state index contributed by atoms with van der Waals surface area (Å²) in [5, 5.41) is 4.53. The van der Waals surface area contributed by atoms with Crippen molar-refractivity contribution in [3.8, 4) is 22.6 Å². The first-order valence-corrected chi connectivity index (χ1v) is 16.8. The summed E-state index contributed by atoms with van der Waals surface area (Å²) in [4.78, 5) is 7.24. The van der Waals surface area contributed by atoms with Crippen LogP contribution >= 0.6 is 11.3 Å². The van der Waals surface area contributed by atoms with Gasteiger partial charge in [0.1, 0.15) is 16.7 Å². The van der Waals surface area contributed by atoms with Crippen molar-refractivity contribution in [1.82, 2.24) is 4.98 Å². The summed E-state index contributed by atoms with van der Waals surface area (Å²) in [7, 11) is 0. The number of hydrogen-bond acceptors (Lipinski definition) is 5. The molecule has 0 aliphatic rings. The third-order valence-electron chi connectivity index (χ3n) is 9.12. The lowest BCUT2D eigenvalue weighted by molar-refractivity contribution is 0.620. The van der Waals surface area contributed by atoms with Crippen molar-refractivity contribution in [3.05, 3.63) is 158 Å². The zero-order valence-corrected chi connectivity index (χ0v) is 26.4. The zero-order chi connectivity index (χ0) is 31.6. The van der Waals surface area contributed by atoms with Crippen LogP contribution in [0.25, 0.3) is 75.8 Å². The van der Waals surface area contributed by atoms with Crippen molar-refractivity contribution in [2.75, 3.05) is 4.90 Å². The van der Waals surface area contributed by atoms with E-state index in [9.17, 15) is 0 Å². The van der Waals surface area contributed by atoms with E-state index in [4.69, 9.17) is 13.8 Å². The number of rotatable bonds is 5. The van der Waals surface area contributed by atoms with Gasteiger partial charge in [-0.15, -0.1) is 11.3 Å². The van der Waals surface area contributed by atoms with Crippen LogP contribution in [0.2, 0.25) is 0 Å². The van der Waals surface area contributed by atoms with Gasteiger partial charge < -0.3 is 13.7 Å². The van der Waals surface area contributed by atoms with Crippen LogP contribution in [0, 0.1) is 0 Å². The molecule has 10 aromatic rings. The first kappa shape index (κ1) is 27.0. The van der Waals surface area contributed by atoms with Gasteiger partial charge in [-0.3, -0.25) is 0 Å². The highest BCUT2D eigenvalue weighted by atomic mass is 32.1. The summed E-state index contributed by atoms with van der Waals surface area (Å²) in [6.45, 7) is 0. The summed E-state index contributed by atoms with van der Waals surface area (Å²) in [5.74, 6) is 0.637. The average Bonchev–Trinajstić information content (AvgIpc) is 3.86. The second-order valence-electron chi connectivity index (χ2n) is 11.9. The first-order chi connectivity index (χ1) is 23.8. The lowest BCUT2D eigenvalue weighted by atomic mass is 10.0. The second-order valence-corrected chi connectivity index (χ2v) is 13.0. The fourth-order valence-corrected chi connectivity index (χ4v) is 8.12. The highest BCUT2D eigenvalue weighted by Crippen LogP contribution is 2.48. The Balaban J connectivity index is 1.20. The van der Waals surface area contributed by atoms with E-state index in [0.29, 0.717) is 5.89 Å². The molecule has 0 aliphatic carbocycles. The number of thiophene rings is 1. The Bertz CT molecular complexity index is 2760. The monoisotopic (exact) mass is 634 g/mol. The molecule has 10 rings (SSSR count). The van der Waals surface area contributed by atoms with Crippen molar-refractivity contribution in [1.29, 1.82) is 0 Å². The maximum Gasteiger partial charge on any atom is 0.227 e. The SMILES string of the molecule is c1ccc(-c2ccc(N(c3ccc4oc5ccccc5c4c3)c3cccc4c3sc3cccc(-c5nc6ccccc6o5)c34)cc2)cc1. The molecular weight excluding hydrogens is 609 g/mol. The van der Waals surface area contributed by atoms with Crippen molar-refractivity contribution < 1.29 is 8.83 Å². The van der Waals surface area contributed by atoms with Gasteiger partial charge in [-0.1, -0.05) is 91.0 Å². The molecule has 0 saturated carbocycles. The third kappa shape index (κ3) is 4.25. The number of oxazole rings is 1. The maximum absolute atomic E-state index is 6.29. The van der Waals surface area contributed by atoms with Gasteiger partial charge in [0.05, 0.1) is 10.4 Å². The minimum absolute atomic E-state index is 0.637. The predicted molar refractivity (Wildman–Crippen MR) is 200 cm³/mol. The number of nitrogens with zero attached hydrogens (tertiary/aromatic N) is 2. The summed E-state index contributed by atoms with van der Waals surface area (Å²) >= 11 is 1.80. The van der Waals surface area contributed by atoms with Crippen molar-refractivity contribution in [2.24, 2.45) is 0 Å². The van der Waals surface area contributed by atoms with Crippen LogP contribution in [0.15, 0.2) is 167 Å². The van der Waals surface area contributed by atoms with E-state index in [1.165, 1.54) is 25.9 Å². The van der Waals surface area contributed by atoms with Crippen LogP contribution < -0.4 is 4.90 Å². The van der Waals surface area contributed by atoms with Gasteiger partial charge in [0.2, 0.25) is 5.89 Å². The lowest BCUT2D eigenvalue weighted by Crippen LogP contribution is -2.10. The number of fused-ring (bicyclic) bond motifs is 7. The minimum Gasteiger partial charge on any atom is -0.456 e. The Morgan fingerprint density at radius 2 is 1.21 bits per heavy atom. The van der Waals surface area contributed by atoms with Gasteiger partial charge >= 0.3 is 0 Å². The molecule has 3 heterocycles. The number of hydrogen-bond donors (Lipinski definition) is 0. The Hall–Kier alpha value is -6.17. The van der Waals surface area contributed by atoms with Crippen LogP contribution in [0.3, 0.4) is 0 Å². The summed E-state index contributed by atoms with van der Waals surface area (Å²) in [5.41, 5.74) is 10.0. The molecule has 3 aromatic heterocycles. The topological polar surface area (TPSA) is 42.4 Å². The van der Waals surface area contributed by atoms with E-state index < -0.39 is 0 Å². The van der Waals surface area contributed by atoms with E-state index in [-0.39, 0.29) is 0 Å². The fourth-order valence-electron chi connectivity index (χ4n) is 6.89. The Morgan fingerprint density at radius 1 is 0.500 bits per heavy atom. The molecular formula is C43H26N2O2S. The molecule has 0 fully saturated rings. The van der Waals surface area contributed by atoms with Gasteiger partial charge in [0.15, 0.2) is 5.58 Å². The van der Waals surface area contributed by atoms with Gasteiger partial charge in [-0.05, 0) is 77.9 Å². The average molecular weight is 635 g/mol. The molecule has 0 atom stereocenters. The zero-order valence-electron chi connectivity index (χ0n) is 25.6. The largest absolute Gasteiger partial charge is 0.456 e. The smallest absolute Gasteiger partial charge is 0.227 e. The van der Waals surface area contributed by atoms with Gasteiger partial charge in [0.25, 0.3) is 0 Å². The van der Waals surface area contributed by atoms with E-state index in [1.807, 2.05) is 36.4 Å². The number of para-hydroxylation sites is 3. The van der Waals surface area contributed by atoms with Crippen LogP contribution in [0.5, 0.6) is 0 Å². The first-order valence-electron chi connectivity index (χ1n) is 16.0. The number of anilines is 3. The van der Waals surface area contributed by atoms with E-state index in [0.717, 1.165) is 61.1 Å². The number of aromatic nitrogens is 1. The van der Waals surface area contributed by atoms with Crippen LogP contribution in [-0.2, 0) is 0 Å². The molecule has 226 valence electrons. The van der Waals surface area contributed by atoms with Crippen LogP contribution in [-0.4, -0.2) is 4.98 Å². The van der Waals surface area contributed by atoms with Crippen molar-refractivity contribution >= 4 is 81.6 Å². The van der Waals surface area contributed by atoms with E-state index in [1.54, 1.807) is 11.3 Å². The van der Waals surface area contributed by atoms with Crippen LogP contribution in [0.1, 0.15) is 0 Å². The quantitative estimate of drug-likeness (QED) is 0.189. The number of benzene rings is 7. The lowest BCUT2D eigenvalue weighted by Gasteiger charge is -2.26. The van der Waals surface area contributed by atoms with Crippen molar-refractivity contribution in [3.63, 3.8) is 0 Å². The third-order valence-corrected chi connectivity index (χ3v) is 10.3. The van der Waals surface area contributed by atoms with Crippen molar-refractivity contribution in [2.45, 2.75) is 0 Å². The van der Waals surface area contributed by atoms with Crippen LogP contribution in [0.4, 0.5) is 17.1 Å². The molecule has 48 heavy (non-hydrogen) atoms. The molecule has 4 nitrogen and oxygen atoms in total. The summed E-state index contributed by atoms with van der Waals surface area (Å²) in [6.07, 6.45) is 0. The summed E-state index contributed by atoms with van der Waals surface area (Å²) in [6, 6.07) is 55.0. The van der Waals surface area contributed by atoms with Gasteiger partial charge in [-0.2, -0.15) is 0 Å². The molecule has 0 amide bonds. The Morgan fingerprint density at radius 3 is 2.08 bits per heavy atom. The molecule has 0 unspecified atom stereocenters. The Kier molecular flexibility index (Phi) is 6.01. The normalized spacial score (nSPS) is 11.8.